The van der Waals surface area contributed by atoms with Gasteiger partial charge in [0.1, 0.15) is 12.3 Å². The van der Waals surface area contributed by atoms with E-state index in [2.05, 4.69) is 41.2 Å². The van der Waals surface area contributed by atoms with Crippen LogP contribution in [0.4, 0.5) is 8.78 Å². The molecule has 1 aromatic carbocycles. The SMILES string of the molecule is CCCCCCCCCCCc1ccc(-c2ncc(OCCC(F)C(F)CCC)cn2)cc1. The Labute approximate surface area is 199 Å². The molecule has 2 rings (SSSR count). The molecule has 3 nitrogen and oxygen atoms in total. The molecule has 2 unspecified atom stereocenters. The number of halogens is 2. The van der Waals surface area contributed by atoms with Gasteiger partial charge in [0, 0.05) is 12.0 Å². The third-order valence-electron chi connectivity index (χ3n) is 6.03. The first-order valence-electron chi connectivity index (χ1n) is 13.0. The Morgan fingerprint density at radius 2 is 1.30 bits per heavy atom. The van der Waals surface area contributed by atoms with Crippen molar-refractivity contribution in [2.75, 3.05) is 6.61 Å². The molecule has 0 bridgehead atoms. The quantitative estimate of drug-likeness (QED) is 0.209. The zero-order valence-corrected chi connectivity index (χ0v) is 20.6. The largest absolute Gasteiger partial charge is 0.490 e. The van der Waals surface area contributed by atoms with Crippen LogP contribution in [0, 0.1) is 0 Å². The average molecular weight is 461 g/mol. The first-order valence-corrected chi connectivity index (χ1v) is 13.0. The third kappa shape index (κ3) is 11.1. The second-order valence-electron chi connectivity index (χ2n) is 8.98. The predicted molar refractivity (Wildman–Crippen MR) is 133 cm³/mol. The van der Waals surface area contributed by atoms with Crippen molar-refractivity contribution in [3.8, 4) is 17.1 Å². The van der Waals surface area contributed by atoms with Crippen molar-refractivity contribution in [1.29, 1.82) is 0 Å². The number of hydrogen-bond donors (Lipinski definition) is 0. The van der Waals surface area contributed by atoms with Gasteiger partial charge >= 0.3 is 0 Å². The summed E-state index contributed by atoms with van der Waals surface area (Å²) in [6, 6.07) is 8.42. The van der Waals surface area contributed by atoms with Crippen LogP contribution < -0.4 is 4.74 Å². The Hall–Kier alpha value is -2.04. The maximum Gasteiger partial charge on any atom is 0.159 e. The Morgan fingerprint density at radius 3 is 1.91 bits per heavy atom. The van der Waals surface area contributed by atoms with Gasteiger partial charge in [-0.1, -0.05) is 95.9 Å². The third-order valence-corrected chi connectivity index (χ3v) is 6.03. The molecule has 2 aromatic rings. The van der Waals surface area contributed by atoms with Crippen molar-refractivity contribution in [2.24, 2.45) is 0 Å². The molecule has 2 atom stereocenters. The maximum absolute atomic E-state index is 13.7. The lowest BCUT2D eigenvalue weighted by Crippen LogP contribution is -2.19. The van der Waals surface area contributed by atoms with Gasteiger partial charge < -0.3 is 4.74 Å². The Kier molecular flexibility index (Phi) is 13.6. The molecule has 1 aromatic heterocycles. The number of hydrogen-bond acceptors (Lipinski definition) is 3. The van der Waals surface area contributed by atoms with Crippen LogP contribution in [-0.4, -0.2) is 28.9 Å². The summed E-state index contributed by atoms with van der Waals surface area (Å²) in [4.78, 5) is 8.72. The van der Waals surface area contributed by atoms with Gasteiger partial charge in [-0.15, -0.1) is 0 Å². The molecular formula is C28H42F2N2O. The number of nitrogens with zero attached hydrogens (tertiary/aromatic N) is 2. The van der Waals surface area contributed by atoms with Crippen LogP contribution in [0.5, 0.6) is 5.75 Å². The predicted octanol–water partition coefficient (Wildman–Crippen LogP) is 8.46. The summed E-state index contributed by atoms with van der Waals surface area (Å²) in [7, 11) is 0. The summed E-state index contributed by atoms with van der Waals surface area (Å²) in [5, 5.41) is 0. The fourth-order valence-electron chi connectivity index (χ4n) is 3.93. The second kappa shape index (κ2) is 16.6. The zero-order chi connectivity index (χ0) is 23.7. The standard InChI is InChI=1S/C28H42F2N2O/c1-3-5-6-7-8-9-10-11-12-14-23-15-17-24(18-16-23)28-31-21-25(22-32-28)33-20-19-27(30)26(29)13-4-2/h15-18,21-22,26-27H,3-14,19-20H2,1-2H3. The normalized spacial score (nSPS) is 13.1. The fourth-order valence-corrected chi connectivity index (χ4v) is 3.93. The molecule has 5 heteroatoms. The Balaban J connectivity index is 1.66. The highest BCUT2D eigenvalue weighted by molar-refractivity contribution is 5.55. The van der Waals surface area contributed by atoms with Gasteiger partial charge in [0.25, 0.3) is 0 Å². The van der Waals surface area contributed by atoms with Gasteiger partial charge in [-0.3, -0.25) is 0 Å². The highest BCUT2D eigenvalue weighted by Crippen LogP contribution is 2.20. The molecule has 33 heavy (non-hydrogen) atoms. The van der Waals surface area contributed by atoms with E-state index in [-0.39, 0.29) is 19.4 Å². The fraction of sp³-hybridized carbons (Fsp3) is 0.643. The van der Waals surface area contributed by atoms with Crippen LogP contribution in [0.2, 0.25) is 0 Å². The van der Waals surface area contributed by atoms with Crippen LogP contribution in [0.1, 0.15) is 96.5 Å². The van der Waals surface area contributed by atoms with Gasteiger partial charge in [0.05, 0.1) is 19.0 Å². The summed E-state index contributed by atoms with van der Waals surface area (Å²) in [6.45, 7) is 4.22. The van der Waals surface area contributed by atoms with Crippen LogP contribution >= 0.6 is 0 Å². The van der Waals surface area contributed by atoms with E-state index >= 15 is 0 Å². The molecule has 0 N–H and O–H groups in total. The lowest BCUT2D eigenvalue weighted by molar-refractivity contribution is 0.129. The number of aromatic nitrogens is 2. The van der Waals surface area contributed by atoms with Crippen molar-refractivity contribution in [1.82, 2.24) is 9.97 Å². The van der Waals surface area contributed by atoms with Crippen molar-refractivity contribution < 1.29 is 13.5 Å². The van der Waals surface area contributed by atoms with E-state index in [0.29, 0.717) is 18.0 Å². The van der Waals surface area contributed by atoms with Crippen LogP contribution in [-0.2, 0) is 6.42 Å². The van der Waals surface area contributed by atoms with Gasteiger partial charge in [0.2, 0.25) is 0 Å². The molecule has 0 amide bonds. The van der Waals surface area contributed by atoms with E-state index in [4.69, 9.17) is 4.74 Å². The molecule has 0 fully saturated rings. The maximum atomic E-state index is 13.7. The van der Waals surface area contributed by atoms with E-state index in [0.717, 1.165) is 12.0 Å². The molecule has 0 spiro atoms. The van der Waals surface area contributed by atoms with Crippen molar-refractivity contribution >= 4 is 0 Å². The molecule has 0 aliphatic carbocycles. The minimum atomic E-state index is -1.49. The van der Waals surface area contributed by atoms with E-state index < -0.39 is 12.3 Å². The summed E-state index contributed by atoms with van der Waals surface area (Å²) >= 11 is 0. The first kappa shape index (κ1) is 27.2. The van der Waals surface area contributed by atoms with Gasteiger partial charge in [-0.2, -0.15) is 0 Å². The van der Waals surface area contributed by atoms with Crippen LogP contribution in [0.15, 0.2) is 36.7 Å². The Bertz CT molecular complexity index is 737. The highest BCUT2D eigenvalue weighted by atomic mass is 19.2. The van der Waals surface area contributed by atoms with Crippen molar-refractivity contribution in [2.45, 2.75) is 110 Å². The second-order valence-corrected chi connectivity index (χ2v) is 8.98. The molecule has 0 radical (unpaired) electrons. The number of ether oxygens (including phenoxy) is 1. The van der Waals surface area contributed by atoms with E-state index in [9.17, 15) is 8.78 Å². The highest BCUT2D eigenvalue weighted by Gasteiger charge is 2.19. The minimum Gasteiger partial charge on any atom is -0.490 e. The summed E-state index contributed by atoms with van der Waals surface area (Å²) in [6.07, 6.45) is 14.4. The molecule has 0 aliphatic rings. The van der Waals surface area contributed by atoms with Crippen molar-refractivity contribution in [3.05, 3.63) is 42.2 Å². The van der Waals surface area contributed by atoms with Gasteiger partial charge in [-0.25, -0.2) is 18.7 Å². The monoisotopic (exact) mass is 460 g/mol. The van der Waals surface area contributed by atoms with Gasteiger partial charge in [0.15, 0.2) is 11.6 Å². The molecule has 0 aliphatic heterocycles. The summed E-state index contributed by atoms with van der Waals surface area (Å²) < 4.78 is 32.7. The first-order chi connectivity index (χ1) is 16.1. The average Bonchev–Trinajstić information content (AvgIpc) is 2.84. The number of rotatable bonds is 18. The molecule has 0 saturated carbocycles. The topological polar surface area (TPSA) is 35.0 Å². The summed E-state index contributed by atoms with van der Waals surface area (Å²) in [5.41, 5.74) is 2.30. The van der Waals surface area contributed by atoms with E-state index in [1.54, 1.807) is 12.4 Å². The minimum absolute atomic E-state index is 0.0311. The molecule has 184 valence electrons. The Morgan fingerprint density at radius 1 is 0.727 bits per heavy atom. The lowest BCUT2D eigenvalue weighted by atomic mass is 10.0. The number of alkyl halides is 2. The number of unbranched alkanes of at least 4 members (excludes halogenated alkanes) is 8. The lowest BCUT2D eigenvalue weighted by Gasteiger charge is -2.13. The van der Waals surface area contributed by atoms with E-state index in [1.807, 2.05) is 6.92 Å². The van der Waals surface area contributed by atoms with E-state index in [1.165, 1.54) is 63.4 Å². The van der Waals surface area contributed by atoms with Crippen molar-refractivity contribution in [3.63, 3.8) is 0 Å². The number of benzene rings is 1. The molecule has 0 saturated heterocycles. The zero-order valence-electron chi connectivity index (χ0n) is 20.6. The van der Waals surface area contributed by atoms with Gasteiger partial charge in [-0.05, 0) is 24.8 Å². The van der Waals surface area contributed by atoms with Crippen LogP contribution in [0.3, 0.4) is 0 Å². The smallest absolute Gasteiger partial charge is 0.159 e. The summed E-state index contributed by atoms with van der Waals surface area (Å²) in [5.74, 6) is 1.10. The van der Waals surface area contributed by atoms with Crippen LogP contribution in [0.25, 0.3) is 11.4 Å². The number of aryl methyl sites for hydroxylation is 1. The molecule has 1 heterocycles. The molecular weight excluding hydrogens is 418 g/mol.